The predicted molar refractivity (Wildman–Crippen MR) is 76.6 cm³/mol. The van der Waals surface area contributed by atoms with Crippen molar-refractivity contribution in [3.05, 3.63) is 47.5 Å². The Kier molecular flexibility index (Phi) is 3.26. The van der Waals surface area contributed by atoms with E-state index in [1.54, 1.807) is 24.5 Å². The summed E-state index contributed by atoms with van der Waals surface area (Å²) in [6, 6.07) is 7.48. The van der Waals surface area contributed by atoms with E-state index in [-0.39, 0.29) is 11.7 Å². The number of thiazole rings is 1. The highest BCUT2D eigenvalue weighted by Gasteiger charge is 2.11. The third kappa shape index (κ3) is 2.57. The van der Waals surface area contributed by atoms with Crippen LogP contribution in [0.1, 0.15) is 16.4 Å². The Labute approximate surface area is 118 Å². The van der Waals surface area contributed by atoms with Gasteiger partial charge in [0.1, 0.15) is 10.8 Å². The van der Waals surface area contributed by atoms with E-state index < -0.39 is 0 Å². The summed E-state index contributed by atoms with van der Waals surface area (Å²) in [6.07, 6.45) is 1.77. The van der Waals surface area contributed by atoms with Gasteiger partial charge < -0.3 is 5.32 Å². The van der Waals surface area contributed by atoms with E-state index in [1.165, 1.54) is 0 Å². The molecule has 3 rings (SSSR count). The Morgan fingerprint density at radius 1 is 1.30 bits per heavy atom. The summed E-state index contributed by atoms with van der Waals surface area (Å²) >= 11 is 1.57. The normalized spacial score (nSPS) is 10.4. The van der Waals surface area contributed by atoms with Gasteiger partial charge in [-0.25, -0.2) is 9.97 Å². The van der Waals surface area contributed by atoms with Crippen molar-refractivity contribution in [1.29, 1.82) is 0 Å². The fraction of sp³-hybridized carbons (Fsp3) is 0.0769. The number of hydrogen-bond acceptors (Lipinski definition) is 5. The van der Waals surface area contributed by atoms with Crippen molar-refractivity contribution in [2.45, 2.75) is 6.92 Å². The molecule has 0 aliphatic rings. The monoisotopic (exact) mass is 285 g/mol. The summed E-state index contributed by atoms with van der Waals surface area (Å²) in [6.45, 7) is 1.74. The quantitative estimate of drug-likeness (QED) is 0.774. The third-order valence-electron chi connectivity index (χ3n) is 2.62. The molecule has 100 valence electrons. The van der Waals surface area contributed by atoms with E-state index in [4.69, 9.17) is 0 Å². The molecule has 1 amide bonds. The molecule has 2 aromatic heterocycles. The van der Waals surface area contributed by atoms with Gasteiger partial charge in [-0.05, 0) is 31.2 Å². The summed E-state index contributed by atoms with van der Waals surface area (Å²) in [7, 11) is 0. The molecule has 3 aromatic rings. The molecule has 7 heteroatoms. The molecular formula is C13H11N5OS. The van der Waals surface area contributed by atoms with Crippen LogP contribution in [-0.2, 0) is 0 Å². The summed E-state index contributed by atoms with van der Waals surface area (Å²) < 4.78 is 0. The van der Waals surface area contributed by atoms with Crippen molar-refractivity contribution >= 4 is 22.9 Å². The van der Waals surface area contributed by atoms with Gasteiger partial charge in [-0.3, -0.25) is 9.89 Å². The highest BCUT2D eigenvalue weighted by atomic mass is 32.1. The van der Waals surface area contributed by atoms with E-state index >= 15 is 0 Å². The summed E-state index contributed by atoms with van der Waals surface area (Å²) in [4.78, 5) is 20.1. The third-order valence-corrected chi connectivity index (χ3v) is 3.44. The average Bonchev–Trinajstić information content (AvgIpc) is 3.10. The first-order chi connectivity index (χ1) is 9.72. The number of aromatic amines is 1. The number of aromatic nitrogens is 4. The largest absolute Gasteiger partial charge is 0.319 e. The standard InChI is InChI=1S/C13H11N5OS/c1-8-15-11(18-17-8)12(19)16-10-4-2-9(3-5-10)13-14-6-7-20-13/h2-7H,1H3,(H,16,19)(H,15,17,18). The van der Waals surface area contributed by atoms with Gasteiger partial charge in [0.25, 0.3) is 5.91 Å². The number of carbonyl (C=O) groups excluding carboxylic acids is 1. The van der Waals surface area contributed by atoms with E-state index in [9.17, 15) is 4.79 Å². The Balaban J connectivity index is 1.74. The zero-order chi connectivity index (χ0) is 13.9. The van der Waals surface area contributed by atoms with Gasteiger partial charge in [-0.15, -0.1) is 16.4 Å². The number of benzene rings is 1. The van der Waals surface area contributed by atoms with Crippen LogP contribution in [0.15, 0.2) is 35.8 Å². The van der Waals surface area contributed by atoms with Gasteiger partial charge in [-0.1, -0.05) is 0 Å². The second-order valence-electron chi connectivity index (χ2n) is 4.11. The second-order valence-corrected chi connectivity index (χ2v) is 5.01. The van der Waals surface area contributed by atoms with Crippen molar-refractivity contribution in [2.24, 2.45) is 0 Å². The molecule has 6 nitrogen and oxygen atoms in total. The Morgan fingerprint density at radius 2 is 2.10 bits per heavy atom. The number of H-pyrrole nitrogens is 1. The lowest BCUT2D eigenvalue weighted by molar-refractivity contribution is 0.101. The lowest BCUT2D eigenvalue weighted by Gasteiger charge is -2.03. The van der Waals surface area contributed by atoms with Crippen LogP contribution in [-0.4, -0.2) is 26.1 Å². The molecule has 0 saturated heterocycles. The molecule has 0 unspecified atom stereocenters. The zero-order valence-electron chi connectivity index (χ0n) is 10.6. The number of nitrogens with zero attached hydrogens (tertiary/aromatic N) is 3. The summed E-state index contributed by atoms with van der Waals surface area (Å²) in [5, 5.41) is 12.1. The number of carbonyl (C=O) groups is 1. The molecule has 0 aliphatic carbocycles. The highest BCUT2D eigenvalue weighted by Crippen LogP contribution is 2.23. The first-order valence-electron chi connectivity index (χ1n) is 5.92. The maximum Gasteiger partial charge on any atom is 0.295 e. The van der Waals surface area contributed by atoms with Crippen LogP contribution < -0.4 is 5.32 Å². The van der Waals surface area contributed by atoms with Crippen molar-refractivity contribution in [2.75, 3.05) is 5.32 Å². The van der Waals surface area contributed by atoms with Gasteiger partial charge in [0.2, 0.25) is 5.82 Å². The van der Waals surface area contributed by atoms with Crippen molar-refractivity contribution in [3.63, 3.8) is 0 Å². The first kappa shape index (κ1) is 12.5. The topological polar surface area (TPSA) is 83.6 Å². The molecule has 0 saturated carbocycles. The fourth-order valence-electron chi connectivity index (χ4n) is 1.69. The molecular weight excluding hydrogens is 274 g/mol. The zero-order valence-corrected chi connectivity index (χ0v) is 11.4. The van der Waals surface area contributed by atoms with E-state index in [0.717, 1.165) is 10.6 Å². The minimum absolute atomic E-state index is 0.131. The number of amides is 1. The minimum atomic E-state index is -0.337. The molecule has 0 radical (unpaired) electrons. The van der Waals surface area contributed by atoms with Crippen LogP contribution in [0.25, 0.3) is 10.6 Å². The Bertz CT molecular complexity index is 718. The SMILES string of the molecule is Cc1nc(C(=O)Nc2ccc(-c3nccs3)cc2)n[nH]1. The van der Waals surface area contributed by atoms with E-state index in [0.29, 0.717) is 11.5 Å². The summed E-state index contributed by atoms with van der Waals surface area (Å²) in [5.74, 6) is 0.400. The molecule has 0 fully saturated rings. The fourth-order valence-corrected chi connectivity index (χ4v) is 2.34. The van der Waals surface area contributed by atoms with Gasteiger partial charge in [0.05, 0.1) is 0 Å². The van der Waals surface area contributed by atoms with Crippen LogP contribution in [0, 0.1) is 6.92 Å². The molecule has 2 heterocycles. The number of rotatable bonds is 3. The molecule has 2 N–H and O–H groups in total. The maximum absolute atomic E-state index is 11.9. The smallest absolute Gasteiger partial charge is 0.295 e. The van der Waals surface area contributed by atoms with Crippen LogP contribution >= 0.6 is 11.3 Å². The van der Waals surface area contributed by atoms with Gasteiger partial charge in [-0.2, -0.15) is 0 Å². The number of anilines is 1. The number of hydrogen-bond donors (Lipinski definition) is 2. The van der Waals surface area contributed by atoms with Crippen LogP contribution in [0.5, 0.6) is 0 Å². The molecule has 20 heavy (non-hydrogen) atoms. The number of nitrogens with one attached hydrogen (secondary N) is 2. The van der Waals surface area contributed by atoms with E-state index in [1.807, 2.05) is 29.6 Å². The highest BCUT2D eigenvalue weighted by molar-refractivity contribution is 7.13. The van der Waals surface area contributed by atoms with Crippen molar-refractivity contribution in [3.8, 4) is 10.6 Å². The molecule has 1 aromatic carbocycles. The lowest BCUT2D eigenvalue weighted by Crippen LogP contribution is -2.13. The Hall–Kier alpha value is -2.54. The maximum atomic E-state index is 11.9. The second kappa shape index (κ2) is 5.22. The van der Waals surface area contributed by atoms with Gasteiger partial charge in [0, 0.05) is 22.8 Å². The number of aryl methyl sites for hydroxylation is 1. The van der Waals surface area contributed by atoms with Crippen LogP contribution in [0.3, 0.4) is 0 Å². The molecule has 0 spiro atoms. The molecule has 0 aliphatic heterocycles. The van der Waals surface area contributed by atoms with Crippen LogP contribution in [0.4, 0.5) is 5.69 Å². The summed E-state index contributed by atoms with van der Waals surface area (Å²) in [5.41, 5.74) is 1.71. The van der Waals surface area contributed by atoms with Gasteiger partial charge >= 0.3 is 0 Å². The minimum Gasteiger partial charge on any atom is -0.319 e. The van der Waals surface area contributed by atoms with Crippen LogP contribution in [0.2, 0.25) is 0 Å². The molecule has 0 atom stereocenters. The van der Waals surface area contributed by atoms with Gasteiger partial charge in [0.15, 0.2) is 0 Å². The van der Waals surface area contributed by atoms with E-state index in [2.05, 4.69) is 25.5 Å². The van der Waals surface area contributed by atoms with Crippen molar-refractivity contribution < 1.29 is 4.79 Å². The average molecular weight is 285 g/mol. The van der Waals surface area contributed by atoms with Crippen molar-refractivity contribution in [1.82, 2.24) is 20.2 Å². The first-order valence-corrected chi connectivity index (χ1v) is 6.80. The predicted octanol–water partition coefficient (Wildman–Crippen LogP) is 2.49. The lowest BCUT2D eigenvalue weighted by atomic mass is 10.2. The Morgan fingerprint density at radius 3 is 2.70 bits per heavy atom. The molecule has 0 bridgehead atoms.